The third kappa shape index (κ3) is 4.90. The SMILES string of the molecule is CC(=O)OCC1=C(C(=O)OC(c2ccccc2)c2ccccc2)N2C(=O)[C@@H](Nc3nc4cscc4[nH]3)C2SC1. The summed E-state index contributed by atoms with van der Waals surface area (Å²) >= 11 is 3.03. The average Bonchev–Trinajstić information content (AvgIpc) is 3.56. The molecule has 2 aliphatic heterocycles. The Morgan fingerprint density at radius 2 is 1.79 bits per heavy atom. The van der Waals surface area contributed by atoms with Gasteiger partial charge in [-0.2, -0.15) is 0 Å². The number of nitrogens with one attached hydrogen (secondary N) is 2. The van der Waals surface area contributed by atoms with Gasteiger partial charge in [0.15, 0.2) is 6.10 Å². The molecule has 2 N–H and O–H groups in total. The number of imidazole rings is 1. The lowest BCUT2D eigenvalue weighted by molar-refractivity contribution is -0.152. The van der Waals surface area contributed by atoms with E-state index < -0.39 is 24.1 Å². The number of aromatic amines is 1. The Bertz CT molecular complexity index is 1500. The monoisotopic (exact) mass is 560 g/mol. The Kier molecular flexibility index (Phi) is 6.84. The predicted octanol–water partition coefficient (Wildman–Crippen LogP) is 4.47. The second kappa shape index (κ2) is 10.6. The van der Waals surface area contributed by atoms with Gasteiger partial charge in [0.05, 0.1) is 5.52 Å². The van der Waals surface area contributed by atoms with Gasteiger partial charge in [0.25, 0.3) is 5.91 Å². The lowest BCUT2D eigenvalue weighted by Crippen LogP contribution is -2.68. The molecule has 0 radical (unpaired) electrons. The van der Waals surface area contributed by atoms with Crippen LogP contribution in [0.1, 0.15) is 24.2 Å². The molecule has 9 nitrogen and oxygen atoms in total. The van der Waals surface area contributed by atoms with E-state index in [1.807, 2.05) is 71.4 Å². The summed E-state index contributed by atoms with van der Waals surface area (Å²) in [6.07, 6.45) is -0.684. The van der Waals surface area contributed by atoms with Crippen molar-refractivity contribution in [3.8, 4) is 0 Å². The van der Waals surface area contributed by atoms with Crippen LogP contribution < -0.4 is 5.32 Å². The summed E-state index contributed by atoms with van der Waals surface area (Å²) in [6, 6.07) is 18.3. The molecule has 2 aliphatic rings. The highest BCUT2D eigenvalue weighted by atomic mass is 32.2. The fourth-order valence-corrected chi connectivity index (χ4v) is 6.70. The molecule has 198 valence electrons. The summed E-state index contributed by atoms with van der Waals surface area (Å²) in [7, 11) is 0. The highest BCUT2D eigenvalue weighted by Gasteiger charge is 2.54. The molecule has 1 saturated heterocycles. The van der Waals surface area contributed by atoms with Crippen LogP contribution in [-0.2, 0) is 23.9 Å². The number of H-pyrrole nitrogens is 1. The summed E-state index contributed by atoms with van der Waals surface area (Å²) in [4.78, 5) is 48.0. The number of esters is 2. The summed E-state index contributed by atoms with van der Waals surface area (Å²) in [5.41, 5.74) is 3.97. The van der Waals surface area contributed by atoms with Crippen LogP contribution in [0, 0.1) is 0 Å². The van der Waals surface area contributed by atoms with Gasteiger partial charge in [0, 0.05) is 29.0 Å². The van der Waals surface area contributed by atoms with Gasteiger partial charge in [0.1, 0.15) is 29.2 Å². The van der Waals surface area contributed by atoms with Gasteiger partial charge in [-0.25, -0.2) is 9.78 Å². The first-order valence-electron chi connectivity index (χ1n) is 12.3. The molecule has 11 heteroatoms. The van der Waals surface area contributed by atoms with Gasteiger partial charge in [0.2, 0.25) is 5.95 Å². The van der Waals surface area contributed by atoms with Crippen LogP contribution in [0.2, 0.25) is 0 Å². The largest absolute Gasteiger partial charge is 0.461 e. The highest BCUT2D eigenvalue weighted by molar-refractivity contribution is 8.00. The number of aromatic nitrogens is 2. The minimum Gasteiger partial charge on any atom is -0.461 e. The lowest BCUT2D eigenvalue weighted by atomic mass is 10.0. The van der Waals surface area contributed by atoms with Gasteiger partial charge in [-0.3, -0.25) is 14.5 Å². The zero-order chi connectivity index (χ0) is 26.9. The molecule has 1 unspecified atom stereocenters. The van der Waals surface area contributed by atoms with Crippen LogP contribution >= 0.6 is 23.1 Å². The fraction of sp³-hybridized carbons (Fsp3) is 0.214. The predicted molar refractivity (Wildman–Crippen MR) is 149 cm³/mol. The maximum atomic E-state index is 13.8. The van der Waals surface area contributed by atoms with Gasteiger partial charge in [-0.05, 0) is 11.1 Å². The second-order valence-electron chi connectivity index (χ2n) is 9.13. The van der Waals surface area contributed by atoms with Crippen molar-refractivity contribution in [1.82, 2.24) is 14.9 Å². The number of thiophene rings is 1. The molecule has 6 rings (SSSR count). The molecule has 1 fully saturated rings. The first-order valence-corrected chi connectivity index (χ1v) is 14.3. The maximum absolute atomic E-state index is 13.8. The molecule has 0 spiro atoms. The number of thioether (sulfide) groups is 1. The Morgan fingerprint density at radius 3 is 2.44 bits per heavy atom. The Labute approximate surface area is 232 Å². The molecule has 0 bridgehead atoms. The zero-order valence-electron chi connectivity index (χ0n) is 20.8. The van der Waals surface area contributed by atoms with Gasteiger partial charge >= 0.3 is 11.9 Å². The Balaban J connectivity index is 1.29. The number of hydrogen-bond donors (Lipinski definition) is 2. The van der Waals surface area contributed by atoms with Crippen molar-refractivity contribution in [3.63, 3.8) is 0 Å². The normalized spacial score (nSPS) is 18.6. The summed E-state index contributed by atoms with van der Waals surface area (Å²) in [5.74, 6) is -0.503. The van der Waals surface area contributed by atoms with E-state index in [-0.39, 0.29) is 23.6 Å². The van der Waals surface area contributed by atoms with Crippen LogP contribution in [-0.4, -0.2) is 56.5 Å². The number of carbonyl (C=O) groups is 3. The summed E-state index contributed by atoms with van der Waals surface area (Å²) in [5, 5.41) is 6.71. The third-order valence-corrected chi connectivity index (χ3v) is 8.61. The van der Waals surface area contributed by atoms with E-state index in [4.69, 9.17) is 9.47 Å². The summed E-state index contributed by atoms with van der Waals surface area (Å²) in [6.45, 7) is 1.21. The van der Waals surface area contributed by atoms with Crippen molar-refractivity contribution < 1.29 is 23.9 Å². The Hall–Kier alpha value is -4.09. The third-order valence-electron chi connectivity index (χ3n) is 6.54. The van der Waals surface area contributed by atoms with Crippen molar-refractivity contribution in [2.45, 2.75) is 24.4 Å². The van der Waals surface area contributed by atoms with E-state index in [1.54, 1.807) is 11.3 Å². The van der Waals surface area contributed by atoms with E-state index in [2.05, 4.69) is 15.3 Å². The molecular formula is C28H24N4O5S2. The first kappa shape index (κ1) is 25.2. The molecular weight excluding hydrogens is 536 g/mol. The molecule has 4 heterocycles. The number of anilines is 1. The lowest BCUT2D eigenvalue weighted by Gasteiger charge is -2.49. The van der Waals surface area contributed by atoms with Crippen molar-refractivity contribution in [2.24, 2.45) is 0 Å². The minimum absolute atomic E-state index is 0.100. The van der Waals surface area contributed by atoms with Crippen molar-refractivity contribution >= 4 is 57.9 Å². The Morgan fingerprint density at radius 1 is 1.10 bits per heavy atom. The van der Waals surface area contributed by atoms with Crippen LogP contribution in [0.4, 0.5) is 5.95 Å². The molecule has 1 amide bonds. The van der Waals surface area contributed by atoms with E-state index in [0.29, 0.717) is 17.3 Å². The number of β-lactam (4-membered cyclic amide) rings is 1. The molecule has 4 aromatic rings. The van der Waals surface area contributed by atoms with Crippen LogP contribution in [0.3, 0.4) is 0 Å². The van der Waals surface area contributed by atoms with Gasteiger partial charge in [-0.15, -0.1) is 23.1 Å². The average molecular weight is 561 g/mol. The van der Waals surface area contributed by atoms with E-state index in [1.165, 1.54) is 23.6 Å². The number of nitrogens with zero attached hydrogens (tertiary/aromatic N) is 2. The fourth-order valence-electron chi connectivity index (χ4n) is 4.68. The number of amides is 1. The molecule has 2 aromatic heterocycles. The van der Waals surface area contributed by atoms with Crippen LogP contribution in [0.25, 0.3) is 11.0 Å². The van der Waals surface area contributed by atoms with E-state index in [9.17, 15) is 14.4 Å². The number of fused-ring (bicyclic) bond motifs is 2. The van der Waals surface area contributed by atoms with Crippen LogP contribution in [0.5, 0.6) is 0 Å². The quantitative estimate of drug-likeness (QED) is 0.240. The smallest absolute Gasteiger partial charge is 0.356 e. The van der Waals surface area contributed by atoms with Crippen LogP contribution in [0.15, 0.2) is 82.7 Å². The zero-order valence-corrected chi connectivity index (χ0v) is 22.5. The molecule has 0 aliphatic carbocycles. The molecule has 39 heavy (non-hydrogen) atoms. The number of carbonyl (C=O) groups excluding carboxylic acids is 3. The topological polar surface area (TPSA) is 114 Å². The second-order valence-corrected chi connectivity index (χ2v) is 11.0. The van der Waals surface area contributed by atoms with Crippen molar-refractivity contribution in [3.05, 3.63) is 93.8 Å². The maximum Gasteiger partial charge on any atom is 0.356 e. The first-order chi connectivity index (χ1) is 19.0. The van der Waals surface area contributed by atoms with Gasteiger partial charge < -0.3 is 19.8 Å². The number of hydrogen-bond acceptors (Lipinski definition) is 9. The highest BCUT2D eigenvalue weighted by Crippen LogP contribution is 2.42. The van der Waals surface area contributed by atoms with E-state index >= 15 is 0 Å². The standard InChI is InChI=1S/C28H24N4O5S2/c1-16(33)36-12-19-13-39-26-22(31-28-29-20-14-38-15-21(20)30-28)25(34)32(26)23(19)27(35)37-24(17-8-4-2-5-9-17)18-10-6-3-7-11-18/h2-11,14-15,22,24,26H,12-13H2,1H3,(H2,29,30,31)/t22-,26?/m1/s1. The number of ether oxygens (including phenoxy) is 2. The van der Waals surface area contributed by atoms with Crippen molar-refractivity contribution in [1.29, 1.82) is 0 Å². The molecule has 2 atom stereocenters. The molecule has 2 aromatic carbocycles. The minimum atomic E-state index is -0.684. The molecule has 0 saturated carbocycles. The van der Waals surface area contributed by atoms with Crippen molar-refractivity contribution in [2.75, 3.05) is 17.7 Å². The number of benzene rings is 2. The van der Waals surface area contributed by atoms with E-state index in [0.717, 1.165) is 22.2 Å². The summed E-state index contributed by atoms with van der Waals surface area (Å²) < 4.78 is 11.3. The van der Waals surface area contributed by atoms with Gasteiger partial charge in [-0.1, -0.05) is 60.7 Å². The number of rotatable bonds is 8.